The molecule has 2 aliphatic heterocycles. The summed E-state index contributed by atoms with van der Waals surface area (Å²) in [5.41, 5.74) is 7.96. The standard InChI is InChI=1S/C15H22BrN5O2S/c16-21-8-12(13-14(21)15(17)19-9-18-13)11-5-10(6-11)7-20-1-3-24(22,23)4-2-20/h9-12H,1-8H2,(H2,17,18,19). The van der Waals surface area contributed by atoms with Gasteiger partial charge in [0.15, 0.2) is 15.7 Å². The summed E-state index contributed by atoms with van der Waals surface area (Å²) in [6.45, 7) is 3.29. The lowest BCUT2D eigenvalue weighted by atomic mass is 9.68. The van der Waals surface area contributed by atoms with Gasteiger partial charge in [-0.15, -0.1) is 0 Å². The van der Waals surface area contributed by atoms with Crippen molar-refractivity contribution in [2.75, 3.05) is 47.3 Å². The number of hydrogen-bond acceptors (Lipinski definition) is 7. The number of nitrogens with two attached hydrogens (primary N) is 1. The minimum absolute atomic E-state index is 0.313. The highest BCUT2D eigenvalue weighted by Gasteiger charge is 2.43. The molecule has 0 aromatic carbocycles. The van der Waals surface area contributed by atoms with Crippen LogP contribution in [-0.4, -0.2) is 61.0 Å². The molecule has 0 amide bonds. The highest BCUT2D eigenvalue weighted by molar-refractivity contribution is 9.10. The van der Waals surface area contributed by atoms with Gasteiger partial charge in [0.2, 0.25) is 0 Å². The molecule has 0 spiro atoms. The highest BCUT2D eigenvalue weighted by Crippen LogP contribution is 2.50. The predicted octanol–water partition coefficient (Wildman–Crippen LogP) is 1.03. The fraction of sp³-hybridized carbons (Fsp3) is 0.733. The molecule has 4 rings (SSSR count). The van der Waals surface area contributed by atoms with Crippen LogP contribution in [0.25, 0.3) is 0 Å². The van der Waals surface area contributed by atoms with Crippen molar-refractivity contribution in [1.82, 2.24) is 14.9 Å². The maximum Gasteiger partial charge on any atom is 0.152 e. The van der Waals surface area contributed by atoms with Gasteiger partial charge < -0.3 is 14.6 Å². The first-order valence-corrected chi connectivity index (χ1v) is 10.9. The Hall–Kier alpha value is -0.930. The zero-order valence-electron chi connectivity index (χ0n) is 13.4. The van der Waals surface area contributed by atoms with Gasteiger partial charge in [-0.2, -0.15) is 0 Å². The number of nitrogen functional groups attached to an aromatic ring is 1. The molecule has 24 heavy (non-hydrogen) atoms. The molecule has 0 bridgehead atoms. The van der Waals surface area contributed by atoms with E-state index >= 15 is 0 Å². The molecule has 7 nitrogen and oxygen atoms in total. The molecule has 3 aliphatic rings. The SMILES string of the molecule is Nc1ncnc2c1N(Br)CC2C1CC(CN2CCS(=O)(=O)CC2)C1. The summed E-state index contributed by atoms with van der Waals surface area (Å²) >= 11 is 3.56. The van der Waals surface area contributed by atoms with Gasteiger partial charge in [0.1, 0.15) is 12.0 Å². The van der Waals surface area contributed by atoms with E-state index in [4.69, 9.17) is 5.73 Å². The molecular formula is C15H22BrN5O2S. The Balaban J connectivity index is 1.34. The average Bonchev–Trinajstić information content (AvgIpc) is 2.82. The first kappa shape index (κ1) is 16.5. The number of halogens is 1. The van der Waals surface area contributed by atoms with Crippen LogP contribution in [0.2, 0.25) is 0 Å². The fourth-order valence-corrected chi connectivity index (χ4v) is 6.16. The quantitative estimate of drug-likeness (QED) is 0.736. The van der Waals surface area contributed by atoms with E-state index in [1.165, 1.54) is 12.8 Å². The second-order valence-electron chi connectivity index (χ2n) is 7.19. The Morgan fingerprint density at radius 3 is 2.67 bits per heavy atom. The minimum Gasteiger partial charge on any atom is -0.382 e. The lowest BCUT2D eigenvalue weighted by molar-refractivity contribution is 0.113. The first-order valence-electron chi connectivity index (χ1n) is 8.39. The molecule has 3 heterocycles. The summed E-state index contributed by atoms with van der Waals surface area (Å²) in [6, 6.07) is 0. The molecule has 9 heteroatoms. The van der Waals surface area contributed by atoms with Gasteiger partial charge in [0.25, 0.3) is 0 Å². The Morgan fingerprint density at radius 2 is 1.96 bits per heavy atom. The zero-order valence-corrected chi connectivity index (χ0v) is 15.8. The molecule has 1 atom stereocenters. The number of anilines is 2. The van der Waals surface area contributed by atoms with Crippen molar-refractivity contribution in [2.45, 2.75) is 18.8 Å². The van der Waals surface area contributed by atoms with Gasteiger partial charge in [-0.25, -0.2) is 18.4 Å². The van der Waals surface area contributed by atoms with Crippen LogP contribution >= 0.6 is 16.1 Å². The Kier molecular flexibility index (Phi) is 4.20. The zero-order chi connectivity index (χ0) is 16.9. The van der Waals surface area contributed by atoms with E-state index in [0.717, 1.165) is 24.5 Å². The summed E-state index contributed by atoms with van der Waals surface area (Å²) < 4.78 is 25.0. The van der Waals surface area contributed by atoms with Crippen molar-refractivity contribution in [3.63, 3.8) is 0 Å². The second kappa shape index (κ2) is 6.10. The molecule has 1 unspecified atom stereocenters. The molecule has 132 valence electrons. The third-order valence-electron chi connectivity index (χ3n) is 5.62. The number of fused-ring (bicyclic) bond motifs is 1. The summed E-state index contributed by atoms with van der Waals surface area (Å²) in [5.74, 6) is 2.86. The largest absolute Gasteiger partial charge is 0.382 e. The van der Waals surface area contributed by atoms with Crippen LogP contribution in [0.4, 0.5) is 11.5 Å². The molecule has 1 saturated carbocycles. The van der Waals surface area contributed by atoms with Crippen molar-refractivity contribution in [2.24, 2.45) is 11.8 Å². The Bertz CT molecular complexity index is 723. The van der Waals surface area contributed by atoms with E-state index in [0.29, 0.717) is 48.2 Å². The van der Waals surface area contributed by atoms with Crippen LogP contribution in [0.1, 0.15) is 24.5 Å². The fourth-order valence-electron chi connectivity index (χ4n) is 4.21. The lowest BCUT2D eigenvalue weighted by Gasteiger charge is -2.42. The van der Waals surface area contributed by atoms with E-state index in [9.17, 15) is 8.42 Å². The van der Waals surface area contributed by atoms with E-state index in [2.05, 4.69) is 31.0 Å². The Morgan fingerprint density at radius 1 is 1.25 bits per heavy atom. The highest BCUT2D eigenvalue weighted by atomic mass is 79.9. The molecular weight excluding hydrogens is 394 g/mol. The molecule has 1 aromatic heterocycles. The molecule has 0 radical (unpaired) electrons. The number of nitrogens with zero attached hydrogens (tertiary/aromatic N) is 4. The topological polar surface area (TPSA) is 92.4 Å². The van der Waals surface area contributed by atoms with E-state index in [1.54, 1.807) is 6.33 Å². The van der Waals surface area contributed by atoms with Gasteiger partial charge in [0.05, 0.1) is 17.2 Å². The maximum absolute atomic E-state index is 11.5. The van der Waals surface area contributed by atoms with Gasteiger partial charge >= 0.3 is 0 Å². The number of aromatic nitrogens is 2. The third-order valence-corrected chi connectivity index (χ3v) is 7.88. The molecule has 1 aliphatic carbocycles. The summed E-state index contributed by atoms with van der Waals surface area (Å²) in [4.78, 5) is 10.9. The van der Waals surface area contributed by atoms with Gasteiger partial charge in [0, 0.05) is 48.2 Å². The van der Waals surface area contributed by atoms with Crippen molar-refractivity contribution in [1.29, 1.82) is 0 Å². The molecule has 1 aromatic rings. The van der Waals surface area contributed by atoms with E-state index < -0.39 is 9.84 Å². The lowest BCUT2D eigenvalue weighted by Crippen LogP contribution is -2.45. The van der Waals surface area contributed by atoms with Gasteiger partial charge in [-0.05, 0) is 24.7 Å². The van der Waals surface area contributed by atoms with Crippen LogP contribution in [0.5, 0.6) is 0 Å². The van der Waals surface area contributed by atoms with Gasteiger partial charge in [-0.3, -0.25) is 0 Å². The van der Waals surface area contributed by atoms with Crippen LogP contribution in [0.3, 0.4) is 0 Å². The molecule has 2 fully saturated rings. The van der Waals surface area contributed by atoms with Crippen molar-refractivity contribution < 1.29 is 8.42 Å². The van der Waals surface area contributed by atoms with Crippen LogP contribution in [0.15, 0.2) is 6.33 Å². The number of hydrogen-bond donors (Lipinski definition) is 1. The van der Waals surface area contributed by atoms with E-state index in [1.807, 2.05) is 3.93 Å². The van der Waals surface area contributed by atoms with E-state index in [-0.39, 0.29) is 0 Å². The van der Waals surface area contributed by atoms with Crippen molar-refractivity contribution in [3.05, 3.63) is 12.0 Å². The molecule has 2 N–H and O–H groups in total. The smallest absolute Gasteiger partial charge is 0.152 e. The second-order valence-corrected chi connectivity index (χ2v) is 10.4. The van der Waals surface area contributed by atoms with Crippen LogP contribution < -0.4 is 9.66 Å². The van der Waals surface area contributed by atoms with Crippen LogP contribution in [0, 0.1) is 11.8 Å². The van der Waals surface area contributed by atoms with Crippen LogP contribution in [-0.2, 0) is 9.84 Å². The monoisotopic (exact) mass is 415 g/mol. The minimum atomic E-state index is -2.79. The van der Waals surface area contributed by atoms with Gasteiger partial charge in [-0.1, -0.05) is 0 Å². The normalized spacial score (nSPS) is 32.4. The average molecular weight is 416 g/mol. The summed E-state index contributed by atoms with van der Waals surface area (Å²) in [7, 11) is -2.79. The number of sulfone groups is 1. The molecule has 1 saturated heterocycles. The summed E-state index contributed by atoms with van der Waals surface area (Å²) in [6.07, 6.45) is 3.91. The van der Waals surface area contributed by atoms with Crippen molar-refractivity contribution >= 4 is 37.5 Å². The van der Waals surface area contributed by atoms with Crippen molar-refractivity contribution in [3.8, 4) is 0 Å². The third kappa shape index (κ3) is 3.01. The first-order chi connectivity index (χ1) is 11.4. The summed E-state index contributed by atoms with van der Waals surface area (Å²) in [5, 5.41) is 0. The predicted molar refractivity (Wildman–Crippen MR) is 96.8 cm³/mol. The number of rotatable bonds is 3. The Labute approximate surface area is 150 Å². The maximum atomic E-state index is 11.5.